The number of H-pyrrole nitrogens is 1. The molecule has 10 nitrogen and oxygen atoms in total. The predicted molar refractivity (Wildman–Crippen MR) is 120 cm³/mol. The van der Waals surface area contributed by atoms with E-state index >= 15 is 0 Å². The fraction of sp³-hybridized carbons (Fsp3) is 0.0952. The van der Waals surface area contributed by atoms with Crippen molar-refractivity contribution in [3.8, 4) is 0 Å². The third-order valence-electron chi connectivity index (χ3n) is 4.80. The fourth-order valence-corrected chi connectivity index (χ4v) is 3.19. The molecule has 154 valence electrons. The molecule has 3 aromatic heterocycles. The average Bonchev–Trinajstić information content (AvgIpc) is 3.36. The zero-order valence-electron chi connectivity index (χ0n) is 16.8. The van der Waals surface area contributed by atoms with Crippen molar-refractivity contribution in [2.75, 3.05) is 16.3 Å². The minimum absolute atomic E-state index is 0.280. The predicted octanol–water partition coefficient (Wildman–Crippen LogP) is 4.00. The number of rotatable bonds is 6. The number of aryl methyl sites for hydroxylation is 2. The van der Waals surface area contributed by atoms with Crippen molar-refractivity contribution in [1.82, 2.24) is 25.3 Å². The van der Waals surface area contributed by atoms with Crippen LogP contribution in [0.2, 0.25) is 0 Å². The SMILES string of the molecule is Cc1ccc(NNc2nc3nonc3nc2N/N=C/c2c(C)[nH]c3ccccc23)cc1. The summed E-state index contributed by atoms with van der Waals surface area (Å²) in [4.78, 5) is 12.2. The lowest BCUT2D eigenvalue weighted by atomic mass is 10.1. The third kappa shape index (κ3) is 3.73. The lowest BCUT2D eigenvalue weighted by Gasteiger charge is -2.11. The van der Waals surface area contributed by atoms with Crippen molar-refractivity contribution < 1.29 is 4.63 Å². The van der Waals surface area contributed by atoms with Gasteiger partial charge in [-0.2, -0.15) is 15.1 Å². The second-order valence-electron chi connectivity index (χ2n) is 7.03. The maximum atomic E-state index is 4.73. The molecule has 31 heavy (non-hydrogen) atoms. The van der Waals surface area contributed by atoms with Crippen LogP contribution in [0.15, 0.2) is 58.3 Å². The van der Waals surface area contributed by atoms with Gasteiger partial charge in [-0.3, -0.25) is 16.3 Å². The first-order chi connectivity index (χ1) is 15.2. The third-order valence-corrected chi connectivity index (χ3v) is 4.80. The molecule has 0 aliphatic rings. The molecule has 3 heterocycles. The molecule has 0 saturated carbocycles. The topological polar surface area (TPSA) is 129 Å². The summed E-state index contributed by atoms with van der Waals surface area (Å²) in [5, 5.41) is 13.0. The number of hydrazone groups is 1. The summed E-state index contributed by atoms with van der Waals surface area (Å²) in [7, 11) is 0. The van der Waals surface area contributed by atoms with Crippen molar-refractivity contribution >= 4 is 45.7 Å². The number of nitrogens with zero attached hydrogens (tertiary/aromatic N) is 5. The maximum absolute atomic E-state index is 4.73. The van der Waals surface area contributed by atoms with E-state index in [1.54, 1.807) is 6.21 Å². The van der Waals surface area contributed by atoms with Crippen molar-refractivity contribution in [1.29, 1.82) is 0 Å². The standard InChI is InChI=1S/C21H19N9O/c1-12-7-9-14(10-8-12)26-28-19-18(24-20-21(25-19)30-31-29-20)27-22-11-16-13(2)23-17-6-4-3-5-15(16)17/h3-11,23,26H,1-2H3,(H,24,27,29)(H,25,28,30)/b22-11+. The van der Waals surface area contributed by atoms with Crippen molar-refractivity contribution in [3.05, 3.63) is 65.4 Å². The maximum Gasteiger partial charge on any atom is 0.245 e. The Morgan fingerprint density at radius 2 is 1.65 bits per heavy atom. The zero-order valence-corrected chi connectivity index (χ0v) is 16.8. The first kappa shape index (κ1) is 18.6. The number of benzene rings is 2. The van der Waals surface area contributed by atoms with Crippen LogP contribution in [-0.2, 0) is 0 Å². The number of hydrogen-bond acceptors (Lipinski definition) is 9. The molecular formula is C21H19N9O. The molecule has 0 unspecified atom stereocenters. The lowest BCUT2D eigenvalue weighted by Crippen LogP contribution is -2.13. The molecular weight excluding hydrogens is 394 g/mol. The number of para-hydroxylation sites is 1. The first-order valence-electron chi connectivity index (χ1n) is 9.63. The average molecular weight is 413 g/mol. The van der Waals surface area contributed by atoms with Crippen LogP contribution in [0.4, 0.5) is 17.3 Å². The van der Waals surface area contributed by atoms with Gasteiger partial charge < -0.3 is 4.98 Å². The van der Waals surface area contributed by atoms with Gasteiger partial charge in [-0.1, -0.05) is 35.9 Å². The number of nitrogens with one attached hydrogen (secondary N) is 4. The van der Waals surface area contributed by atoms with E-state index < -0.39 is 0 Å². The molecule has 2 aromatic carbocycles. The molecule has 5 rings (SSSR count). The van der Waals surface area contributed by atoms with E-state index in [-0.39, 0.29) is 11.3 Å². The Kier molecular flexibility index (Phi) is 4.64. The van der Waals surface area contributed by atoms with Crippen LogP contribution in [0.25, 0.3) is 22.2 Å². The van der Waals surface area contributed by atoms with Crippen LogP contribution in [0.3, 0.4) is 0 Å². The van der Waals surface area contributed by atoms with Crippen LogP contribution in [0.1, 0.15) is 16.8 Å². The van der Waals surface area contributed by atoms with Crippen LogP contribution in [0, 0.1) is 13.8 Å². The minimum Gasteiger partial charge on any atom is -0.358 e. The monoisotopic (exact) mass is 413 g/mol. The summed E-state index contributed by atoms with van der Waals surface area (Å²) < 4.78 is 4.73. The summed E-state index contributed by atoms with van der Waals surface area (Å²) in [6.45, 7) is 4.04. The number of hydrazine groups is 1. The molecule has 0 atom stereocenters. The first-order valence-corrected chi connectivity index (χ1v) is 9.63. The van der Waals surface area contributed by atoms with E-state index in [2.05, 4.69) is 46.6 Å². The number of aromatic nitrogens is 5. The van der Waals surface area contributed by atoms with Gasteiger partial charge in [0, 0.05) is 22.2 Å². The second-order valence-corrected chi connectivity index (χ2v) is 7.03. The van der Waals surface area contributed by atoms with Crippen LogP contribution in [0.5, 0.6) is 0 Å². The molecule has 0 saturated heterocycles. The molecule has 10 heteroatoms. The van der Waals surface area contributed by atoms with Crippen molar-refractivity contribution in [3.63, 3.8) is 0 Å². The van der Waals surface area contributed by atoms with Gasteiger partial charge in [0.05, 0.1) is 11.9 Å². The zero-order chi connectivity index (χ0) is 21.2. The highest BCUT2D eigenvalue weighted by Crippen LogP contribution is 2.22. The fourth-order valence-electron chi connectivity index (χ4n) is 3.19. The summed E-state index contributed by atoms with van der Waals surface area (Å²) >= 11 is 0. The van der Waals surface area contributed by atoms with E-state index in [1.165, 1.54) is 5.56 Å². The van der Waals surface area contributed by atoms with Gasteiger partial charge in [0.15, 0.2) is 11.6 Å². The highest BCUT2D eigenvalue weighted by Gasteiger charge is 2.12. The Hall–Kier alpha value is -4.47. The van der Waals surface area contributed by atoms with Gasteiger partial charge in [-0.25, -0.2) is 4.63 Å². The number of aromatic amines is 1. The number of anilines is 3. The Balaban J connectivity index is 1.41. The second kappa shape index (κ2) is 7.75. The smallest absolute Gasteiger partial charge is 0.245 e. The lowest BCUT2D eigenvalue weighted by molar-refractivity contribution is 0.314. The van der Waals surface area contributed by atoms with Gasteiger partial charge in [0.25, 0.3) is 0 Å². The molecule has 5 aromatic rings. The van der Waals surface area contributed by atoms with Crippen molar-refractivity contribution in [2.24, 2.45) is 5.10 Å². The highest BCUT2D eigenvalue weighted by molar-refractivity contribution is 6.00. The van der Waals surface area contributed by atoms with Crippen molar-refractivity contribution in [2.45, 2.75) is 13.8 Å². The molecule has 0 radical (unpaired) electrons. The van der Waals surface area contributed by atoms with Gasteiger partial charge in [0.2, 0.25) is 11.3 Å². The molecule has 0 spiro atoms. The number of hydrogen-bond donors (Lipinski definition) is 4. The summed E-state index contributed by atoms with van der Waals surface area (Å²) in [6, 6.07) is 16.0. The summed E-state index contributed by atoms with van der Waals surface area (Å²) in [5.41, 5.74) is 14.8. The quantitative estimate of drug-likeness (QED) is 0.243. The molecule has 0 aliphatic heterocycles. The van der Waals surface area contributed by atoms with E-state index in [4.69, 9.17) is 4.63 Å². The van der Waals surface area contributed by atoms with Gasteiger partial charge in [-0.05, 0) is 42.4 Å². The van der Waals surface area contributed by atoms with Gasteiger partial charge in [-0.15, -0.1) is 0 Å². The Bertz CT molecular complexity index is 1390. The van der Waals surface area contributed by atoms with E-state index in [9.17, 15) is 0 Å². The summed E-state index contributed by atoms with van der Waals surface area (Å²) in [5.74, 6) is 0.771. The van der Waals surface area contributed by atoms with E-state index in [0.29, 0.717) is 11.6 Å². The normalized spacial score (nSPS) is 11.4. The Morgan fingerprint density at radius 3 is 2.45 bits per heavy atom. The highest BCUT2D eigenvalue weighted by atomic mass is 16.6. The van der Waals surface area contributed by atoms with Crippen LogP contribution >= 0.6 is 0 Å². The van der Waals surface area contributed by atoms with Crippen LogP contribution < -0.4 is 16.3 Å². The minimum atomic E-state index is 0.280. The Morgan fingerprint density at radius 1 is 0.903 bits per heavy atom. The van der Waals surface area contributed by atoms with E-state index in [1.807, 2.05) is 62.4 Å². The molecule has 4 N–H and O–H groups in total. The van der Waals surface area contributed by atoms with Crippen LogP contribution in [-0.4, -0.2) is 31.5 Å². The van der Waals surface area contributed by atoms with Gasteiger partial charge in [0.1, 0.15) is 0 Å². The summed E-state index contributed by atoms with van der Waals surface area (Å²) in [6.07, 6.45) is 1.75. The molecule has 0 aliphatic carbocycles. The molecule has 0 amide bonds. The number of fused-ring (bicyclic) bond motifs is 2. The largest absolute Gasteiger partial charge is 0.358 e. The molecule has 0 fully saturated rings. The molecule has 0 bridgehead atoms. The van der Waals surface area contributed by atoms with E-state index in [0.717, 1.165) is 27.8 Å². The van der Waals surface area contributed by atoms with Gasteiger partial charge >= 0.3 is 0 Å². The Labute approximate surface area is 176 Å².